The second kappa shape index (κ2) is 12.2. The lowest BCUT2D eigenvalue weighted by Crippen LogP contribution is -2.45. The first-order chi connectivity index (χ1) is 19.4. The molecular weight excluding hydrogens is 567 g/mol. The number of nitrogen functional groups attached to an aromatic ring is 1. The summed E-state index contributed by atoms with van der Waals surface area (Å²) in [5.74, 6) is -0.525. The van der Waals surface area contributed by atoms with Gasteiger partial charge in [-0.3, -0.25) is 13.9 Å². The Kier molecular flexibility index (Phi) is 9.09. The molecule has 17 heteroatoms. The summed E-state index contributed by atoms with van der Waals surface area (Å²) in [5, 5.41) is 16.1. The number of hydrogen-bond donors (Lipinski definition) is 4. The van der Waals surface area contributed by atoms with Crippen molar-refractivity contribution in [3.63, 3.8) is 0 Å². The van der Waals surface area contributed by atoms with E-state index in [0.29, 0.717) is 0 Å². The van der Waals surface area contributed by atoms with Crippen LogP contribution in [0.1, 0.15) is 27.0 Å². The molecule has 0 amide bonds. The van der Waals surface area contributed by atoms with Gasteiger partial charge in [-0.25, -0.2) is 18.3 Å². The summed E-state index contributed by atoms with van der Waals surface area (Å²) in [5.41, 5.74) is 3.01. The highest BCUT2D eigenvalue weighted by Crippen LogP contribution is 2.48. The fraction of sp³-hybridized carbons (Fsp3) is 0.500. The molecule has 14 nitrogen and oxygen atoms in total. The van der Waals surface area contributed by atoms with Crippen LogP contribution in [0.5, 0.6) is 5.75 Å². The zero-order chi connectivity index (χ0) is 29.9. The highest BCUT2D eigenvalue weighted by atomic mass is 31.2. The Balaban J connectivity index is 1.59. The summed E-state index contributed by atoms with van der Waals surface area (Å²) in [6, 6.07) is 6.79. The van der Waals surface area contributed by atoms with Crippen LogP contribution in [0.2, 0.25) is 0 Å². The maximum atomic E-state index is 16.0. The van der Waals surface area contributed by atoms with Gasteiger partial charge in [0.25, 0.3) is 0 Å². The highest BCUT2D eigenvalue weighted by Gasteiger charge is 2.59. The number of fused-ring (bicyclic) bond motifs is 1. The lowest BCUT2D eigenvalue weighted by molar-refractivity contribution is -0.149. The SMILES string of the molecule is CNc1nc(N)nc2c1ncn2[C@@H]1O[C@H](CO[P@](=O)(N[C@H](C)C(=O)OC(C)C)Oc2ccccc2)[C@@H](O)[C@]1(F)CF. The Morgan fingerprint density at radius 2 is 2.00 bits per heavy atom. The number of aliphatic hydroxyl groups excluding tert-OH is 1. The Hall–Kier alpha value is -3.43. The molecule has 1 saturated heterocycles. The second-order valence-electron chi connectivity index (χ2n) is 9.57. The summed E-state index contributed by atoms with van der Waals surface area (Å²) < 4.78 is 67.0. The first-order valence-electron chi connectivity index (χ1n) is 12.6. The highest BCUT2D eigenvalue weighted by molar-refractivity contribution is 7.52. The lowest BCUT2D eigenvalue weighted by atomic mass is 9.97. The van der Waals surface area contributed by atoms with Gasteiger partial charge >= 0.3 is 13.7 Å². The summed E-state index contributed by atoms with van der Waals surface area (Å²) in [7, 11) is -2.82. The van der Waals surface area contributed by atoms with Crippen LogP contribution in [0.15, 0.2) is 36.7 Å². The van der Waals surface area contributed by atoms with Gasteiger partial charge in [0.2, 0.25) is 11.6 Å². The van der Waals surface area contributed by atoms with Gasteiger partial charge in [0.05, 0.1) is 19.0 Å². The Morgan fingerprint density at radius 3 is 2.63 bits per heavy atom. The topological polar surface area (TPSA) is 185 Å². The molecular formula is C24H32F2N7O7P. The minimum atomic E-state index is -4.38. The van der Waals surface area contributed by atoms with Gasteiger partial charge in [-0.05, 0) is 32.9 Å². The number of benzene rings is 1. The number of anilines is 2. The molecule has 6 atom stereocenters. The van der Waals surface area contributed by atoms with Crippen molar-refractivity contribution in [1.82, 2.24) is 24.6 Å². The zero-order valence-corrected chi connectivity index (χ0v) is 23.6. The molecule has 3 heterocycles. The summed E-state index contributed by atoms with van der Waals surface area (Å²) in [6.45, 7) is 2.31. The molecule has 0 saturated carbocycles. The second-order valence-corrected chi connectivity index (χ2v) is 11.3. The van der Waals surface area contributed by atoms with Crippen LogP contribution in [0.4, 0.5) is 20.5 Å². The molecule has 5 N–H and O–H groups in total. The van der Waals surface area contributed by atoms with Crippen molar-refractivity contribution in [1.29, 1.82) is 0 Å². The van der Waals surface area contributed by atoms with Gasteiger partial charge in [-0.2, -0.15) is 15.1 Å². The van der Waals surface area contributed by atoms with Crippen molar-refractivity contribution >= 4 is 36.6 Å². The maximum absolute atomic E-state index is 16.0. The number of nitrogens with two attached hydrogens (primary N) is 1. The quantitative estimate of drug-likeness (QED) is 0.176. The van der Waals surface area contributed by atoms with Crippen molar-refractivity contribution in [3.05, 3.63) is 36.7 Å². The number of aliphatic hydroxyl groups is 1. The van der Waals surface area contributed by atoms with Gasteiger partial charge in [-0.1, -0.05) is 18.2 Å². The number of esters is 1. The third-order valence-corrected chi connectivity index (χ3v) is 7.77. The molecule has 0 aliphatic carbocycles. The molecule has 0 bridgehead atoms. The van der Waals surface area contributed by atoms with E-state index in [0.717, 1.165) is 10.9 Å². The lowest BCUT2D eigenvalue weighted by Gasteiger charge is -2.26. The molecule has 41 heavy (non-hydrogen) atoms. The first kappa shape index (κ1) is 30.5. The number of aromatic nitrogens is 4. The summed E-state index contributed by atoms with van der Waals surface area (Å²) in [6.07, 6.45) is -4.66. The van der Waals surface area contributed by atoms with E-state index in [1.54, 1.807) is 39.1 Å². The average molecular weight is 600 g/mol. The van der Waals surface area contributed by atoms with Gasteiger partial charge in [-0.15, -0.1) is 0 Å². The molecule has 3 aromatic rings. The van der Waals surface area contributed by atoms with E-state index in [-0.39, 0.29) is 28.7 Å². The van der Waals surface area contributed by atoms with Gasteiger partial charge in [0, 0.05) is 7.05 Å². The number of para-hydroxylation sites is 1. The van der Waals surface area contributed by atoms with E-state index in [1.807, 2.05) is 0 Å². The monoisotopic (exact) mass is 599 g/mol. The summed E-state index contributed by atoms with van der Waals surface area (Å²) >= 11 is 0. The third-order valence-electron chi connectivity index (χ3n) is 6.13. The van der Waals surface area contributed by atoms with E-state index < -0.39 is 63.2 Å². The Morgan fingerprint density at radius 1 is 1.29 bits per heavy atom. The number of hydrogen-bond acceptors (Lipinski definition) is 12. The van der Waals surface area contributed by atoms with Crippen LogP contribution >= 0.6 is 7.75 Å². The smallest absolute Gasteiger partial charge is 0.459 e. The van der Waals surface area contributed by atoms with E-state index in [1.165, 1.54) is 19.1 Å². The predicted molar refractivity (Wildman–Crippen MR) is 143 cm³/mol. The normalized spacial score (nSPS) is 24.7. The molecule has 1 fully saturated rings. The van der Waals surface area contributed by atoms with Crippen molar-refractivity contribution in [2.45, 2.75) is 57.0 Å². The number of nitrogens with zero attached hydrogens (tertiary/aromatic N) is 4. The molecule has 0 radical (unpaired) electrons. The van der Waals surface area contributed by atoms with Crippen molar-refractivity contribution in [2.75, 3.05) is 31.4 Å². The molecule has 0 spiro atoms. The third kappa shape index (κ3) is 6.41. The van der Waals surface area contributed by atoms with Gasteiger partial charge in [0.15, 0.2) is 23.2 Å². The standard InChI is InChI=1S/C24H32F2N7O7P/c1-13(2)38-21(35)14(3)32-41(36,40-15-8-6-5-7-9-15)37-10-16-18(34)24(26,11-25)22(39-16)33-12-29-17-19(28-4)30-23(27)31-20(17)33/h5-9,12-14,16,18,22,34H,10-11H2,1-4H3,(H,32,36)(H3,27,28,30,31)/t14-,16-,18-,22-,24-,41-/m1/s1. The molecule has 1 aliphatic rings. The number of nitrogens with one attached hydrogen (secondary N) is 2. The number of halogens is 2. The number of ether oxygens (including phenoxy) is 2. The van der Waals surface area contributed by atoms with Crippen LogP contribution in [-0.2, 0) is 23.4 Å². The minimum absolute atomic E-state index is 0.0216. The van der Waals surface area contributed by atoms with Crippen LogP contribution < -0.4 is 20.7 Å². The summed E-state index contributed by atoms with van der Waals surface area (Å²) in [4.78, 5) is 24.6. The van der Waals surface area contributed by atoms with Crippen LogP contribution in [-0.4, -0.2) is 80.9 Å². The molecule has 2 aromatic heterocycles. The Bertz CT molecular complexity index is 1420. The van der Waals surface area contributed by atoms with Crippen LogP contribution in [0.25, 0.3) is 11.2 Å². The van der Waals surface area contributed by atoms with Crippen LogP contribution in [0, 0.1) is 0 Å². The minimum Gasteiger partial charge on any atom is -0.462 e. The number of carbonyl (C=O) groups is 1. The van der Waals surface area contributed by atoms with Crippen LogP contribution in [0.3, 0.4) is 0 Å². The maximum Gasteiger partial charge on any atom is 0.459 e. The average Bonchev–Trinajstić information content (AvgIpc) is 3.45. The first-order valence-corrected chi connectivity index (χ1v) is 14.2. The fourth-order valence-electron chi connectivity index (χ4n) is 4.17. The largest absolute Gasteiger partial charge is 0.462 e. The molecule has 1 aliphatic heterocycles. The van der Waals surface area contributed by atoms with Crippen molar-refractivity contribution < 1.29 is 41.8 Å². The van der Waals surface area contributed by atoms with Crippen molar-refractivity contribution in [3.8, 4) is 5.75 Å². The predicted octanol–water partition coefficient (Wildman–Crippen LogP) is 2.52. The number of carbonyl (C=O) groups excluding carboxylic acids is 1. The number of alkyl halides is 2. The van der Waals surface area contributed by atoms with E-state index >= 15 is 4.39 Å². The van der Waals surface area contributed by atoms with E-state index in [4.69, 9.17) is 24.3 Å². The fourth-order valence-corrected chi connectivity index (χ4v) is 5.67. The molecule has 1 aromatic carbocycles. The van der Waals surface area contributed by atoms with E-state index in [2.05, 4.69) is 25.4 Å². The molecule has 4 rings (SSSR count). The molecule has 0 unspecified atom stereocenters. The molecule has 224 valence electrons. The Labute approximate surface area is 234 Å². The number of rotatable bonds is 12. The van der Waals surface area contributed by atoms with Gasteiger partial charge in [0.1, 0.15) is 30.7 Å². The van der Waals surface area contributed by atoms with E-state index in [9.17, 15) is 18.9 Å². The van der Waals surface area contributed by atoms with Crippen molar-refractivity contribution in [2.24, 2.45) is 0 Å². The zero-order valence-electron chi connectivity index (χ0n) is 22.7. The number of imidazole rings is 1. The van der Waals surface area contributed by atoms with Gasteiger partial charge < -0.3 is 30.2 Å².